The number of nitrogens with zero attached hydrogens (tertiary/aromatic N) is 3. The van der Waals surface area contributed by atoms with Crippen molar-refractivity contribution in [3.63, 3.8) is 0 Å². The minimum Gasteiger partial charge on any atom is -0.338 e. The average Bonchev–Trinajstić information content (AvgIpc) is 3.14. The molecule has 3 rings (SSSR count). The van der Waals surface area contributed by atoms with Gasteiger partial charge < -0.3 is 10.3 Å². The third-order valence-corrected chi connectivity index (χ3v) is 4.33. The quantitative estimate of drug-likeness (QED) is 0.932. The Kier molecular flexibility index (Phi) is 4.03. The minimum atomic E-state index is 0.109. The molecular formula is C16H22N4O. The summed E-state index contributed by atoms with van der Waals surface area (Å²) in [6.07, 6.45) is 0.794. The van der Waals surface area contributed by atoms with Crippen LogP contribution < -0.4 is 5.73 Å². The lowest BCUT2D eigenvalue weighted by Crippen LogP contribution is -2.30. The van der Waals surface area contributed by atoms with E-state index in [0.717, 1.165) is 25.3 Å². The van der Waals surface area contributed by atoms with Gasteiger partial charge in [0.05, 0.1) is 6.04 Å². The average molecular weight is 286 g/mol. The Morgan fingerprint density at radius 1 is 1.33 bits per heavy atom. The van der Waals surface area contributed by atoms with Crippen LogP contribution in [0.5, 0.6) is 0 Å². The van der Waals surface area contributed by atoms with Gasteiger partial charge in [-0.05, 0) is 12.5 Å². The third kappa shape index (κ3) is 2.84. The Bertz CT molecular complexity index is 583. The SMILES string of the molecule is CCc1noc(C(C)N2C[C@@H](N)[C@H](c3ccccc3)C2)n1. The molecule has 5 nitrogen and oxygen atoms in total. The fourth-order valence-electron chi connectivity index (χ4n) is 2.97. The van der Waals surface area contributed by atoms with Gasteiger partial charge in [-0.3, -0.25) is 4.90 Å². The van der Waals surface area contributed by atoms with E-state index in [-0.39, 0.29) is 12.1 Å². The fourth-order valence-corrected chi connectivity index (χ4v) is 2.97. The number of hydrogen-bond acceptors (Lipinski definition) is 5. The summed E-state index contributed by atoms with van der Waals surface area (Å²) in [6.45, 7) is 5.91. The van der Waals surface area contributed by atoms with Crippen LogP contribution in [-0.4, -0.2) is 34.2 Å². The van der Waals surface area contributed by atoms with Gasteiger partial charge in [-0.15, -0.1) is 0 Å². The van der Waals surface area contributed by atoms with E-state index < -0.39 is 0 Å². The molecule has 1 aliphatic rings. The Labute approximate surface area is 125 Å². The topological polar surface area (TPSA) is 68.2 Å². The van der Waals surface area contributed by atoms with E-state index in [1.165, 1.54) is 5.56 Å². The maximum atomic E-state index is 6.34. The molecule has 1 aliphatic heterocycles. The van der Waals surface area contributed by atoms with Gasteiger partial charge in [0.2, 0.25) is 5.89 Å². The molecule has 0 aliphatic carbocycles. The highest BCUT2D eigenvalue weighted by molar-refractivity contribution is 5.23. The second-order valence-electron chi connectivity index (χ2n) is 5.71. The predicted octanol–water partition coefficient (Wildman–Crippen LogP) is 2.12. The van der Waals surface area contributed by atoms with Gasteiger partial charge in [0, 0.05) is 31.5 Å². The second kappa shape index (κ2) is 5.95. The standard InChI is InChI=1S/C16H22N4O/c1-3-15-18-16(21-19-15)11(2)20-9-13(14(17)10-20)12-7-5-4-6-8-12/h4-8,11,13-14H,3,9-10,17H2,1-2H3/t11?,13-,14+/m0/s1. The van der Waals surface area contributed by atoms with E-state index >= 15 is 0 Å². The molecule has 1 unspecified atom stereocenters. The molecule has 3 atom stereocenters. The summed E-state index contributed by atoms with van der Waals surface area (Å²) in [6, 6.07) is 10.7. The van der Waals surface area contributed by atoms with Gasteiger partial charge in [0.25, 0.3) is 0 Å². The second-order valence-corrected chi connectivity index (χ2v) is 5.71. The zero-order chi connectivity index (χ0) is 14.8. The van der Waals surface area contributed by atoms with Crippen molar-refractivity contribution in [2.45, 2.75) is 38.3 Å². The van der Waals surface area contributed by atoms with E-state index in [4.69, 9.17) is 10.3 Å². The molecule has 1 saturated heterocycles. The molecule has 1 fully saturated rings. The zero-order valence-corrected chi connectivity index (χ0v) is 12.6. The molecule has 21 heavy (non-hydrogen) atoms. The van der Waals surface area contributed by atoms with Crippen LogP contribution in [0.25, 0.3) is 0 Å². The van der Waals surface area contributed by atoms with Crippen LogP contribution in [0.3, 0.4) is 0 Å². The summed E-state index contributed by atoms with van der Waals surface area (Å²) in [7, 11) is 0. The third-order valence-electron chi connectivity index (χ3n) is 4.33. The molecule has 0 amide bonds. The van der Waals surface area contributed by atoms with Crippen molar-refractivity contribution in [1.82, 2.24) is 15.0 Å². The van der Waals surface area contributed by atoms with Crippen molar-refractivity contribution < 1.29 is 4.52 Å². The summed E-state index contributed by atoms with van der Waals surface area (Å²) in [5, 5.41) is 3.98. The fraction of sp³-hybridized carbons (Fsp3) is 0.500. The maximum absolute atomic E-state index is 6.34. The number of aromatic nitrogens is 2. The van der Waals surface area contributed by atoms with Gasteiger partial charge in [0.1, 0.15) is 0 Å². The lowest BCUT2D eigenvalue weighted by Gasteiger charge is -2.20. The van der Waals surface area contributed by atoms with Gasteiger partial charge in [-0.25, -0.2) is 0 Å². The van der Waals surface area contributed by atoms with Gasteiger partial charge >= 0.3 is 0 Å². The zero-order valence-electron chi connectivity index (χ0n) is 12.6. The molecule has 0 saturated carbocycles. The number of hydrogen-bond donors (Lipinski definition) is 1. The summed E-state index contributed by atoms with van der Waals surface area (Å²) < 4.78 is 5.36. The van der Waals surface area contributed by atoms with Crippen LogP contribution in [0.4, 0.5) is 0 Å². The van der Waals surface area contributed by atoms with Crippen molar-refractivity contribution in [1.29, 1.82) is 0 Å². The summed E-state index contributed by atoms with van der Waals surface area (Å²) in [5.74, 6) is 1.81. The highest BCUT2D eigenvalue weighted by atomic mass is 16.5. The van der Waals surface area contributed by atoms with Gasteiger partial charge in [-0.1, -0.05) is 42.4 Å². The molecule has 2 heterocycles. The Morgan fingerprint density at radius 2 is 2.10 bits per heavy atom. The molecule has 1 aromatic heterocycles. The normalized spacial score (nSPS) is 24.3. The van der Waals surface area contributed by atoms with Gasteiger partial charge in [0.15, 0.2) is 5.82 Å². The lowest BCUT2D eigenvalue weighted by molar-refractivity contribution is 0.205. The van der Waals surface area contributed by atoms with Crippen molar-refractivity contribution >= 4 is 0 Å². The van der Waals surface area contributed by atoms with Crippen LogP contribution in [0.15, 0.2) is 34.9 Å². The first-order valence-corrected chi connectivity index (χ1v) is 7.56. The lowest BCUT2D eigenvalue weighted by atomic mass is 9.95. The van der Waals surface area contributed by atoms with Gasteiger partial charge in [-0.2, -0.15) is 4.98 Å². The van der Waals surface area contributed by atoms with Crippen LogP contribution >= 0.6 is 0 Å². The molecule has 1 aromatic carbocycles. The monoisotopic (exact) mass is 286 g/mol. The van der Waals surface area contributed by atoms with Crippen molar-refractivity contribution in [2.75, 3.05) is 13.1 Å². The summed E-state index contributed by atoms with van der Waals surface area (Å²) >= 11 is 0. The van der Waals surface area contributed by atoms with Crippen LogP contribution in [-0.2, 0) is 6.42 Å². The number of aryl methyl sites for hydroxylation is 1. The highest BCUT2D eigenvalue weighted by Crippen LogP contribution is 2.31. The molecule has 5 heteroatoms. The van der Waals surface area contributed by atoms with Crippen molar-refractivity contribution in [3.05, 3.63) is 47.6 Å². The minimum absolute atomic E-state index is 0.109. The van der Waals surface area contributed by atoms with Crippen molar-refractivity contribution in [2.24, 2.45) is 5.73 Å². The Hall–Kier alpha value is -1.72. The van der Waals surface area contributed by atoms with Crippen LogP contribution in [0.1, 0.15) is 43.1 Å². The van der Waals surface area contributed by atoms with E-state index in [9.17, 15) is 0 Å². The maximum Gasteiger partial charge on any atom is 0.243 e. The van der Waals surface area contributed by atoms with E-state index in [2.05, 4.69) is 46.2 Å². The Morgan fingerprint density at radius 3 is 2.76 bits per heavy atom. The molecule has 0 spiro atoms. The molecule has 0 bridgehead atoms. The van der Waals surface area contributed by atoms with Crippen LogP contribution in [0, 0.1) is 0 Å². The number of likely N-dealkylation sites (tertiary alicyclic amines) is 1. The number of rotatable bonds is 4. The molecule has 112 valence electrons. The highest BCUT2D eigenvalue weighted by Gasteiger charge is 2.35. The van der Waals surface area contributed by atoms with E-state index in [0.29, 0.717) is 11.8 Å². The number of benzene rings is 1. The van der Waals surface area contributed by atoms with Crippen molar-refractivity contribution in [3.8, 4) is 0 Å². The summed E-state index contributed by atoms with van der Waals surface area (Å²) in [4.78, 5) is 6.76. The number of nitrogens with two attached hydrogens (primary N) is 1. The first-order valence-electron chi connectivity index (χ1n) is 7.56. The smallest absolute Gasteiger partial charge is 0.243 e. The molecule has 2 N–H and O–H groups in total. The Balaban J connectivity index is 1.73. The summed E-state index contributed by atoms with van der Waals surface area (Å²) in [5.41, 5.74) is 7.65. The van der Waals surface area contributed by atoms with Crippen LogP contribution in [0.2, 0.25) is 0 Å². The molecular weight excluding hydrogens is 264 g/mol. The van der Waals surface area contributed by atoms with E-state index in [1.54, 1.807) is 0 Å². The first kappa shape index (κ1) is 14.2. The molecule has 2 aromatic rings. The largest absolute Gasteiger partial charge is 0.338 e. The first-order chi connectivity index (χ1) is 10.2. The molecule has 0 radical (unpaired) electrons. The predicted molar refractivity (Wildman–Crippen MR) is 80.8 cm³/mol. The van der Waals surface area contributed by atoms with E-state index in [1.807, 2.05) is 13.0 Å².